The number of hydrogen-bond donors (Lipinski definition) is 3. The summed E-state index contributed by atoms with van der Waals surface area (Å²) >= 11 is 12.2. The summed E-state index contributed by atoms with van der Waals surface area (Å²) in [5.41, 5.74) is 2.16. The van der Waals surface area contributed by atoms with Crippen LogP contribution in [0.5, 0.6) is 0 Å². The van der Waals surface area contributed by atoms with Gasteiger partial charge in [0, 0.05) is 28.4 Å². The van der Waals surface area contributed by atoms with Crippen LogP contribution in [0, 0.1) is 6.92 Å². The third-order valence-corrected chi connectivity index (χ3v) is 4.38. The lowest BCUT2D eigenvalue weighted by Crippen LogP contribution is -2.43. The second-order valence-electron chi connectivity index (χ2n) is 5.60. The monoisotopic (exact) mass is 370 g/mol. The predicted molar refractivity (Wildman–Crippen MR) is 94.2 cm³/mol. The number of aliphatic hydroxyl groups is 1. The van der Waals surface area contributed by atoms with Crippen molar-refractivity contribution in [3.63, 3.8) is 0 Å². The van der Waals surface area contributed by atoms with Crippen LogP contribution in [0.15, 0.2) is 24.3 Å². The van der Waals surface area contributed by atoms with Crippen molar-refractivity contribution in [2.45, 2.75) is 32.5 Å². The molecule has 0 radical (unpaired) electrons. The molecule has 1 aromatic heterocycles. The van der Waals surface area contributed by atoms with Crippen molar-refractivity contribution in [3.8, 4) is 0 Å². The summed E-state index contributed by atoms with van der Waals surface area (Å²) in [6.45, 7) is 3.90. The molecule has 1 heterocycles. The van der Waals surface area contributed by atoms with Crippen LogP contribution in [0.25, 0.3) is 0 Å². The Morgan fingerprint density at radius 2 is 2.00 bits per heavy atom. The van der Waals surface area contributed by atoms with Gasteiger partial charge in [-0.1, -0.05) is 29.3 Å². The average molecular weight is 371 g/mol. The van der Waals surface area contributed by atoms with Crippen LogP contribution in [0.1, 0.15) is 30.0 Å². The standard InChI is InChI=1S/C16H20Cl2N4O2/c1-9-7-11(21-22(9)3)8-19-16(24)20-10(2)15(23)14-12(17)5-4-6-13(14)18/h4-7,10,15,23H,8H2,1-3H3,(H2,19,20,24). The molecule has 6 nitrogen and oxygen atoms in total. The highest BCUT2D eigenvalue weighted by atomic mass is 35.5. The van der Waals surface area contributed by atoms with Crippen LogP contribution < -0.4 is 10.6 Å². The molecule has 2 amide bonds. The number of carbonyl (C=O) groups is 1. The van der Waals surface area contributed by atoms with Crippen LogP contribution in [0.4, 0.5) is 4.79 Å². The van der Waals surface area contributed by atoms with E-state index in [0.717, 1.165) is 11.4 Å². The normalized spacial score (nSPS) is 13.4. The van der Waals surface area contributed by atoms with Crippen LogP contribution >= 0.6 is 23.2 Å². The van der Waals surface area contributed by atoms with Crippen molar-refractivity contribution >= 4 is 29.2 Å². The number of aryl methyl sites for hydroxylation is 2. The van der Waals surface area contributed by atoms with E-state index >= 15 is 0 Å². The summed E-state index contributed by atoms with van der Waals surface area (Å²) in [7, 11) is 1.84. The second-order valence-corrected chi connectivity index (χ2v) is 6.41. The summed E-state index contributed by atoms with van der Waals surface area (Å²) in [5, 5.41) is 20.7. The highest BCUT2D eigenvalue weighted by Gasteiger charge is 2.23. The highest BCUT2D eigenvalue weighted by molar-refractivity contribution is 6.36. The number of nitrogens with one attached hydrogen (secondary N) is 2. The van der Waals surface area contributed by atoms with Crippen molar-refractivity contribution in [2.75, 3.05) is 0 Å². The molecular weight excluding hydrogens is 351 g/mol. The molecule has 1 aromatic carbocycles. The predicted octanol–water partition coefficient (Wildman–Crippen LogP) is 2.96. The van der Waals surface area contributed by atoms with Gasteiger partial charge in [-0.2, -0.15) is 5.10 Å². The lowest BCUT2D eigenvalue weighted by Gasteiger charge is -2.22. The minimum absolute atomic E-state index is 0.295. The van der Waals surface area contributed by atoms with Crippen molar-refractivity contribution in [2.24, 2.45) is 7.05 Å². The first-order valence-electron chi connectivity index (χ1n) is 7.45. The molecule has 0 spiro atoms. The molecular formula is C16H20Cl2N4O2. The first-order valence-corrected chi connectivity index (χ1v) is 8.21. The van der Waals surface area contributed by atoms with Crippen molar-refractivity contribution in [1.29, 1.82) is 0 Å². The van der Waals surface area contributed by atoms with Gasteiger partial charge in [-0.25, -0.2) is 4.79 Å². The van der Waals surface area contributed by atoms with E-state index in [9.17, 15) is 9.90 Å². The summed E-state index contributed by atoms with van der Waals surface area (Å²) < 4.78 is 1.74. The van der Waals surface area contributed by atoms with Gasteiger partial charge in [-0.05, 0) is 32.0 Å². The van der Waals surface area contributed by atoms with E-state index in [-0.39, 0.29) is 0 Å². The Morgan fingerprint density at radius 1 is 1.38 bits per heavy atom. The lowest BCUT2D eigenvalue weighted by molar-refractivity contribution is 0.137. The molecule has 0 bridgehead atoms. The van der Waals surface area contributed by atoms with E-state index < -0.39 is 18.2 Å². The molecule has 2 aromatic rings. The van der Waals surface area contributed by atoms with Gasteiger partial charge in [0.25, 0.3) is 0 Å². The number of carbonyl (C=O) groups excluding carboxylic acids is 1. The SMILES string of the molecule is Cc1cc(CNC(=O)NC(C)C(O)c2c(Cl)cccc2Cl)nn1C. The zero-order valence-corrected chi connectivity index (χ0v) is 15.2. The lowest BCUT2D eigenvalue weighted by atomic mass is 10.0. The summed E-state index contributed by atoms with van der Waals surface area (Å²) in [4.78, 5) is 12.0. The Kier molecular flexibility index (Phi) is 6.10. The minimum atomic E-state index is -1.02. The van der Waals surface area contributed by atoms with Gasteiger partial charge in [0.15, 0.2) is 0 Å². The van der Waals surface area contributed by atoms with Gasteiger partial charge in [-0.15, -0.1) is 0 Å². The zero-order valence-electron chi connectivity index (χ0n) is 13.7. The van der Waals surface area contributed by atoms with Gasteiger partial charge < -0.3 is 15.7 Å². The Bertz CT molecular complexity index is 693. The molecule has 0 aliphatic carbocycles. The quantitative estimate of drug-likeness (QED) is 0.756. The third-order valence-electron chi connectivity index (χ3n) is 3.72. The number of hydrogen-bond acceptors (Lipinski definition) is 3. The number of rotatable bonds is 5. The topological polar surface area (TPSA) is 79.2 Å². The molecule has 3 N–H and O–H groups in total. The van der Waals surface area contributed by atoms with Crippen LogP contribution in [0.2, 0.25) is 10.0 Å². The second kappa shape index (κ2) is 7.88. The molecule has 0 aliphatic rings. The maximum Gasteiger partial charge on any atom is 0.315 e. The van der Waals surface area contributed by atoms with E-state index in [4.69, 9.17) is 23.2 Å². The van der Waals surface area contributed by atoms with Gasteiger partial charge in [0.05, 0.1) is 18.3 Å². The zero-order chi connectivity index (χ0) is 17.9. The Morgan fingerprint density at radius 3 is 2.54 bits per heavy atom. The van der Waals surface area contributed by atoms with E-state index in [1.807, 2.05) is 20.0 Å². The van der Waals surface area contributed by atoms with E-state index in [1.54, 1.807) is 29.8 Å². The van der Waals surface area contributed by atoms with Gasteiger partial charge in [0.2, 0.25) is 0 Å². The van der Waals surface area contributed by atoms with Crippen LogP contribution in [-0.4, -0.2) is 27.0 Å². The molecule has 0 fully saturated rings. The fraction of sp³-hybridized carbons (Fsp3) is 0.375. The Hall–Kier alpha value is -1.76. The first-order chi connectivity index (χ1) is 11.3. The molecule has 2 atom stereocenters. The summed E-state index contributed by atoms with van der Waals surface area (Å²) in [6.07, 6.45) is -1.02. The molecule has 0 saturated heterocycles. The molecule has 0 aliphatic heterocycles. The van der Waals surface area contributed by atoms with Gasteiger partial charge >= 0.3 is 6.03 Å². The fourth-order valence-electron chi connectivity index (χ4n) is 2.27. The highest BCUT2D eigenvalue weighted by Crippen LogP contribution is 2.31. The average Bonchev–Trinajstić information content (AvgIpc) is 2.83. The van der Waals surface area contributed by atoms with E-state index in [1.165, 1.54) is 0 Å². The minimum Gasteiger partial charge on any atom is -0.386 e. The smallest absolute Gasteiger partial charge is 0.315 e. The van der Waals surface area contributed by atoms with Gasteiger partial charge in [0.1, 0.15) is 6.10 Å². The molecule has 130 valence electrons. The number of nitrogens with zero attached hydrogens (tertiary/aromatic N) is 2. The molecule has 8 heteroatoms. The number of amides is 2. The van der Waals surface area contributed by atoms with E-state index in [2.05, 4.69) is 15.7 Å². The number of aromatic nitrogens is 2. The van der Waals surface area contributed by atoms with E-state index in [0.29, 0.717) is 22.2 Å². The maximum atomic E-state index is 12.0. The number of halogens is 2. The number of aliphatic hydroxyl groups excluding tert-OH is 1. The number of benzene rings is 1. The van der Waals surface area contributed by atoms with Gasteiger partial charge in [-0.3, -0.25) is 4.68 Å². The molecule has 0 saturated carbocycles. The first kappa shape index (κ1) is 18.6. The summed E-state index contributed by atoms with van der Waals surface area (Å²) in [5.74, 6) is 0. The van der Waals surface area contributed by atoms with Crippen LogP contribution in [-0.2, 0) is 13.6 Å². The third kappa shape index (κ3) is 4.41. The van der Waals surface area contributed by atoms with Crippen molar-refractivity contribution in [3.05, 3.63) is 51.3 Å². The van der Waals surface area contributed by atoms with Crippen molar-refractivity contribution < 1.29 is 9.90 Å². The Labute approximate surface area is 150 Å². The molecule has 24 heavy (non-hydrogen) atoms. The number of urea groups is 1. The fourth-order valence-corrected chi connectivity index (χ4v) is 2.89. The van der Waals surface area contributed by atoms with Crippen LogP contribution in [0.3, 0.4) is 0 Å². The van der Waals surface area contributed by atoms with Crippen molar-refractivity contribution in [1.82, 2.24) is 20.4 Å². The molecule has 2 rings (SSSR count). The largest absolute Gasteiger partial charge is 0.386 e. The maximum absolute atomic E-state index is 12.0. The Balaban J connectivity index is 1.93. The molecule has 2 unspecified atom stereocenters. The summed E-state index contributed by atoms with van der Waals surface area (Å²) in [6, 6.07) is 5.88.